The summed E-state index contributed by atoms with van der Waals surface area (Å²) in [5.74, 6) is 0.0476. The lowest BCUT2D eigenvalue weighted by Gasteiger charge is -2.11. The molecular formula is C29H25ClN2O4. The van der Waals surface area contributed by atoms with Crippen LogP contribution in [-0.2, 0) is 0 Å². The van der Waals surface area contributed by atoms with E-state index >= 15 is 0 Å². The first kappa shape index (κ1) is 24.9. The minimum absolute atomic E-state index is 0.255. The first-order valence-corrected chi connectivity index (χ1v) is 12.0. The van der Waals surface area contributed by atoms with Crippen molar-refractivity contribution >= 4 is 40.5 Å². The summed E-state index contributed by atoms with van der Waals surface area (Å²) in [7, 11) is 0. The Bertz CT molecular complexity index is 1400. The summed E-state index contributed by atoms with van der Waals surface area (Å²) < 4.78 is 11.3. The van der Waals surface area contributed by atoms with Crippen LogP contribution in [0.15, 0.2) is 90.0 Å². The Hall–Kier alpha value is -4.16. The van der Waals surface area contributed by atoms with E-state index in [1.807, 2.05) is 30.3 Å². The van der Waals surface area contributed by atoms with E-state index in [4.69, 9.17) is 21.1 Å². The Balaban J connectivity index is 1.53. The third kappa shape index (κ3) is 6.09. The second kappa shape index (κ2) is 12.0. The molecule has 4 aromatic carbocycles. The van der Waals surface area contributed by atoms with Crippen molar-refractivity contribution in [3.8, 4) is 11.5 Å². The van der Waals surface area contributed by atoms with E-state index in [1.54, 1.807) is 54.6 Å². The number of amides is 1. The van der Waals surface area contributed by atoms with Crippen LogP contribution in [-0.4, -0.2) is 24.7 Å². The van der Waals surface area contributed by atoms with Crippen LogP contribution in [0.3, 0.4) is 0 Å². The van der Waals surface area contributed by atoms with Gasteiger partial charge in [-0.2, -0.15) is 5.10 Å². The molecule has 0 heterocycles. The average Bonchev–Trinajstić information content (AvgIpc) is 2.90. The molecule has 0 aliphatic rings. The van der Waals surface area contributed by atoms with Crippen molar-refractivity contribution in [2.24, 2.45) is 5.10 Å². The van der Waals surface area contributed by atoms with E-state index < -0.39 is 5.97 Å². The Labute approximate surface area is 214 Å². The summed E-state index contributed by atoms with van der Waals surface area (Å²) in [5, 5.41) is 6.18. The molecule has 4 rings (SSSR count). The minimum atomic E-state index is -0.587. The molecule has 0 radical (unpaired) electrons. The van der Waals surface area contributed by atoms with Gasteiger partial charge in [0.1, 0.15) is 11.5 Å². The summed E-state index contributed by atoms with van der Waals surface area (Å²) >= 11 is 6.16. The fourth-order valence-electron chi connectivity index (χ4n) is 3.54. The van der Waals surface area contributed by atoms with E-state index in [0.717, 1.165) is 23.6 Å². The zero-order valence-corrected chi connectivity index (χ0v) is 20.5. The van der Waals surface area contributed by atoms with Crippen molar-refractivity contribution in [1.82, 2.24) is 5.43 Å². The monoisotopic (exact) mass is 500 g/mol. The average molecular weight is 501 g/mol. The molecule has 0 spiro atoms. The van der Waals surface area contributed by atoms with Crippen LogP contribution < -0.4 is 14.9 Å². The second-order valence-corrected chi connectivity index (χ2v) is 8.40. The molecule has 0 aliphatic carbocycles. The maximum absolute atomic E-state index is 12.8. The molecule has 1 N–H and O–H groups in total. The number of ether oxygens (including phenoxy) is 2. The van der Waals surface area contributed by atoms with Gasteiger partial charge in [-0.25, -0.2) is 10.2 Å². The Kier molecular flexibility index (Phi) is 8.32. The number of nitrogens with one attached hydrogen (secondary N) is 1. The predicted octanol–water partition coefficient (Wildman–Crippen LogP) is 6.66. The van der Waals surface area contributed by atoms with Gasteiger partial charge in [-0.3, -0.25) is 4.79 Å². The fourth-order valence-corrected chi connectivity index (χ4v) is 3.75. The van der Waals surface area contributed by atoms with Crippen molar-refractivity contribution < 1.29 is 19.1 Å². The number of carbonyl (C=O) groups excluding carboxylic acids is 2. The highest BCUT2D eigenvalue weighted by Crippen LogP contribution is 2.28. The van der Waals surface area contributed by atoms with Crippen LogP contribution in [0, 0.1) is 0 Å². The number of hydrogen-bond donors (Lipinski definition) is 1. The normalized spacial score (nSPS) is 10.9. The van der Waals surface area contributed by atoms with Crippen LogP contribution in [0.1, 0.15) is 46.0 Å². The quantitative estimate of drug-likeness (QED) is 0.0916. The molecule has 4 aromatic rings. The molecule has 0 saturated heterocycles. The highest BCUT2D eigenvalue weighted by molar-refractivity contribution is 6.33. The summed E-state index contributed by atoms with van der Waals surface area (Å²) in [6, 6.07) is 24.7. The zero-order chi connectivity index (χ0) is 25.3. The molecule has 7 heteroatoms. The number of fused-ring (bicyclic) bond motifs is 1. The molecule has 6 nitrogen and oxygen atoms in total. The lowest BCUT2D eigenvalue weighted by atomic mass is 10.0. The number of carbonyl (C=O) groups is 2. The van der Waals surface area contributed by atoms with Crippen LogP contribution in [0.4, 0.5) is 0 Å². The van der Waals surface area contributed by atoms with Gasteiger partial charge in [0.2, 0.25) is 0 Å². The topological polar surface area (TPSA) is 77.0 Å². The third-order valence-electron chi connectivity index (χ3n) is 5.47. The van der Waals surface area contributed by atoms with E-state index in [9.17, 15) is 9.59 Å². The number of nitrogens with zero attached hydrogens (tertiary/aromatic N) is 1. The second-order valence-electron chi connectivity index (χ2n) is 7.99. The molecular weight excluding hydrogens is 476 g/mol. The number of esters is 1. The first-order valence-electron chi connectivity index (χ1n) is 11.6. The molecule has 182 valence electrons. The summed E-state index contributed by atoms with van der Waals surface area (Å²) in [6.45, 7) is 2.74. The Morgan fingerprint density at radius 1 is 0.944 bits per heavy atom. The van der Waals surface area contributed by atoms with Gasteiger partial charge in [0.15, 0.2) is 0 Å². The maximum atomic E-state index is 12.8. The van der Waals surface area contributed by atoms with Gasteiger partial charge in [0, 0.05) is 11.1 Å². The molecule has 0 atom stereocenters. The first-order chi connectivity index (χ1) is 17.6. The molecule has 0 aliphatic heterocycles. The van der Waals surface area contributed by atoms with Crippen molar-refractivity contribution in [3.05, 3.63) is 107 Å². The largest absolute Gasteiger partial charge is 0.494 e. The molecule has 0 saturated carbocycles. The lowest BCUT2D eigenvalue weighted by molar-refractivity contribution is 0.0734. The third-order valence-corrected chi connectivity index (χ3v) is 5.80. The maximum Gasteiger partial charge on any atom is 0.345 e. The van der Waals surface area contributed by atoms with E-state index in [2.05, 4.69) is 17.5 Å². The molecule has 0 aromatic heterocycles. The molecule has 0 fully saturated rings. The summed E-state index contributed by atoms with van der Waals surface area (Å²) in [6.07, 6.45) is 3.49. The van der Waals surface area contributed by atoms with Crippen molar-refractivity contribution in [1.29, 1.82) is 0 Å². The lowest BCUT2D eigenvalue weighted by Crippen LogP contribution is -2.17. The minimum Gasteiger partial charge on any atom is -0.494 e. The van der Waals surface area contributed by atoms with Crippen molar-refractivity contribution in [2.75, 3.05) is 6.61 Å². The van der Waals surface area contributed by atoms with Crippen LogP contribution >= 0.6 is 11.6 Å². The highest BCUT2D eigenvalue weighted by atomic mass is 35.5. The SMILES string of the molecule is CCCCOc1ccc(C(=O)N/N=C\c2c(OC(=O)c3ccccc3Cl)ccc3ccccc23)cc1. The number of hydrazone groups is 1. The summed E-state index contributed by atoms with van der Waals surface area (Å²) in [4.78, 5) is 25.4. The van der Waals surface area contributed by atoms with Crippen LogP contribution in [0.2, 0.25) is 5.02 Å². The Morgan fingerprint density at radius 2 is 1.69 bits per heavy atom. The van der Waals surface area contributed by atoms with Gasteiger partial charge < -0.3 is 9.47 Å². The van der Waals surface area contributed by atoms with Gasteiger partial charge in [-0.15, -0.1) is 0 Å². The number of rotatable bonds is 9. The smallest absolute Gasteiger partial charge is 0.345 e. The fraction of sp³-hybridized carbons (Fsp3) is 0.138. The van der Waals surface area contributed by atoms with Gasteiger partial charge in [0.05, 0.1) is 23.4 Å². The van der Waals surface area contributed by atoms with Crippen LogP contribution in [0.25, 0.3) is 10.8 Å². The van der Waals surface area contributed by atoms with Gasteiger partial charge >= 0.3 is 5.97 Å². The van der Waals surface area contributed by atoms with Crippen molar-refractivity contribution in [3.63, 3.8) is 0 Å². The molecule has 0 unspecified atom stereocenters. The Morgan fingerprint density at radius 3 is 2.47 bits per heavy atom. The number of benzene rings is 4. The van der Waals surface area contributed by atoms with E-state index in [0.29, 0.717) is 34.3 Å². The van der Waals surface area contributed by atoms with E-state index in [-0.39, 0.29) is 11.5 Å². The predicted molar refractivity (Wildman–Crippen MR) is 142 cm³/mol. The van der Waals surface area contributed by atoms with Gasteiger partial charge in [-0.1, -0.05) is 67.4 Å². The number of halogens is 1. The number of hydrogen-bond acceptors (Lipinski definition) is 5. The van der Waals surface area contributed by atoms with Gasteiger partial charge in [-0.05, 0) is 59.7 Å². The molecule has 1 amide bonds. The molecule has 0 bridgehead atoms. The van der Waals surface area contributed by atoms with Gasteiger partial charge in [0.25, 0.3) is 5.91 Å². The molecule has 36 heavy (non-hydrogen) atoms. The van der Waals surface area contributed by atoms with Crippen molar-refractivity contribution in [2.45, 2.75) is 19.8 Å². The van der Waals surface area contributed by atoms with Crippen LogP contribution in [0.5, 0.6) is 11.5 Å². The number of unbranched alkanes of at least 4 members (excludes halogenated alkanes) is 1. The summed E-state index contributed by atoms with van der Waals surface area (Å²) in [5.41, 5.74) is 3.78. The van der Waals surface area contributed by atoms with E-state index in [1.165, 1.54) is 6.21 Å². The standard InChI is InChI=1S/C29H25ClN2O4/c1-2-3-18-35-22-15-12-21(13-16-22)28(33)32-31-19-25-23-9-5-4-8-20(23)14-17-27(25)36-29(34)24-10-6-7-11-26(24)30/h4-17,19H,2-3,18H2,1H3,(H,32,33)/b31-19-. The highest BCUT2D eigenvalue weighted by Gasteiger charge is 2.16. The zero-order valence-electron chi connectivity index (χ0n) is 19.7.